The standard InChI is InChI=1S/C26H21F3N2O3/c1-3-34-21-9-5-8-20(15-21)31-24(32)22(17-12-10-16(2)11-13-17)23(25(31)33)30-19-7-4-6-18(14-19)26(27,28)29/h4-15,30H,3H2,1-2H3. The number of hydrogen-bond donors (Lipinski definition) is 1. The molecular formula is C26H21F3N2O3. The molecule has 0 aliphatic carbocycles. The summed E-state index contributed by atoms with van der Waals surface area (Å²) in [6.07, 6.45) is -4.55. The van der Waals surface area contributed by atoms with Gasteiger partial charge in [-0.25, -0.2) is 4.90 Å². The molecule has 3 aromatic rings. The molecule has 174 valence electrons. The Labute approximate surface area is 194 Å². The lowest BCUT2D eigenvalue weighted by atomic mass is 10.0. The summed E-state index contributed by atoms with van der Waals surface area (Å²) in [6.45, 7) is 4.10. The molecule has 34 heavy (non-hydrogen) atoms. The molecule has 0 bridgehead atoms. The lowest BCUT2D eigenvalue weighted by Gasteiger charge is -2.16. The molecule has 1 N–H and O–H groups in total. The summed E-state index contributed by atoms with van der Waals surface area (Å²) in [5.41, 5.74) is 0.871. The highest BCUT2D eigenvalue weighted by molar-refractivity contribution is 6.46. The van der Waals surface area contributed by atoms with Crippen molar-refractivity contribution in [3.63, 3.8) is 0 Å². The fourth-order valence-corrected chi connectivity index (χ4v) is 3.66. The van der Waals surface area contributed by atoms with Gasteiger partial charge in [0.15, 0.2) is 0 Å². The summed E-state index contributed by atoms with van der Waals surface area (Å²) in [5.74, 6) is -0.777. The highest BCUT2D eigenvalue weighted by Gasteiger charge is 2.40. The number of ether oxygens (including phenoxy) is 1. The van der Waals surface area contributed by atoms with E-state index in [1.165, 1.54) is 12.1 Å². The summed E-state index contributed by atoms with van der Waals surface area (Å²) in [6, 6.07) is 18.0. The number of benzene rings is 3. The van der Waals surface area contributed by atoms with E-state index >= 15 is 0 Å². The SMILES string of the molecule is CCOc1cccc(N2C(=O)C(Nc3cccc(C(F)(F)F)c3)=C(c3ccc(C)cc3)C2=O)c1. The summed E-state index contributed by atoms with van der Waals surface area (Å²) >= 11 is 0. The third kappa shape index (κ3) is 4.52. The summed E-state index contributed by atoms with van der Waals surface area (Å²) in [5, 5.41) is 2.77. The topological polar surface area (TPSA) is 58.6 Å². The third-order valence-corrected chi connectivity index (χ3v) is 5.27. The van der Waals surface area contributed by atoms with Gasteiger partial charge < -0.3 is 10.1 Å². The Morgan fingerprint density at radius 3 is 2.29 bits per heavy atom. The molecule has 5 nitrogen and oxygen atoms in total. The zero-order valence-electron chi connectivity index (χ0n) is 18.4. The minimum Gasteiger partial charge on any atom is -0.494 e. The van der Waals surface area contributed by atoms with Crippen LogP contribution in [0.1, 0.15) is 23.6 Å². The van der Waals surface area contributed by atoms with Crippen LogP contribution in [0, 0.1) is 6.92 Å². The molecule has 8 heteroatoms. The molecule has 4 rings (SSSR count). The smallest absolute Gasteiger partial charge is 0.416 e. The third-order valence-electron chi connectivity index (χ3n) is 5.27. The van der Waals surface area contributed by atoms with Crippen LogP contribution in [0.5, 0.6) is 5.75 Å². The van der Waals surface area contributed by atoms with Gasteiger partial charge in [-0.2, -0.15) is 13.2 Å². The van der Waals surface area contributed by atoms with Crippen LogP contribution in [0.25, 0.3) is 5.57 Å². The Morgan fingerprint density at radius 1 is 0.912 bits per heavy atom. The number of rotatable bonds is 6. The number of anilines is 2. The first-order valence-corrected chi connectivity index (χ1v) is 10.6. The maximum absolute atomic E-state index is 13.5. The van der Waals surface area contributed by atoms with E-state index in [0.29, 0.717) is 23.6 Å². The number of carbonyl (C=O) groups excluding carboxylic acids is 2. The number of hydrogen-bond acceptors (Lipinski definition) is 4. The molecule has 0 unspecified atom stereocenters. The van der Waals surface area contributed by atoms with E-state index in [9.17, 15) is 22.8 Å². The molecule has 0 saturated carbocycles. The number of imide groups is 1. The normalized spacial score (nSPS) is 14.1. The minimum atomic E-state index is -4.55. The van der Waals surface area contributed by atoms with Gasteiger partial charge in [-0.15, -0.1) is 0 Å². The second-order valence-corrected chi connectivity index (χ2v) is 7.70. The Hall–Kier alpha value is -4.07. The van der Waals surface area contributed by atoms with Crippen molar-refractivity contribution in [3.8, 4) is 5.75 Å². The number of carbonyl (C=O) groups is 2. The lowest BCUT2D eigenvalue weighted by molar-refractivity contribution is -0.137. The maximum Gasteiger partial charge on any atom is 0.416 e. The Kier molecular flexibility index (Phi) is 6.15. The van der Waals surface area contributed by atoms with Gasteiger partial charge in [0.25, 0.3) is 11.8 Å². The highest BCUT2D eigenvalue weighted by atomic mass is 19.4. The van der Waals surface area contributed by atoms with Gasteiger partial charge in [0.2, 0.25) is 0 Å². The fraction of sp³-hybridized carbons (Fsp3) is 0.154. The monoisotopic (exact) mass is 466 g/mol. The van der Waals surface area contributed by atoms with E-state index in [0.717, 1.165) is 22.6 Å². The average Bonchev–Trinajstić information content (AvgIpc) is 3.04. The Bertz CT molecular complexity index is 1280. The highest BCUT2D eigenvalue weighted by Crippen LogP contribution is 2.36. The van der Waals surface area contributed by atoms with Gasteiger partial charge in [-0.3, -0.25) is 9.59 Å². The van der Waals surface area contributed by atoms with Crippen LogP contribution in [0.3, 0.4) is 0 Å². The molecule has 2 amide bonds. The van der Waals surface area contributed by atoms with Crippen molar-refractivity contribution < 1.29 is 27.5 Å². The first kappa shape index (κ1) is 23.1. The molecule has 0 spiro atoms. The molecule has 1 aliphatic rings. The van der Waals surface area contributed by atoms with Crippen LogP contribution in [0.2, 0.25) is 0 Å². The van der Waals surface area contributed by atoms with Crippen LogP contribution < -0.4 is 15.0 Å². The molecule has 0 atom stereocenters. The maximum atomic E-state index is 13.5. The van der Waals surface area contributed by atoms with Gasteiger partial charge in [0.05, 0.1) is 23.4 Å². The Morgan fingerprint density at radius 2 is 1.62 bits per heavy atom. The van der Waals surface area contributed by atoms with Crippen LogP contribution in [-0.2, 0) is 15.8 Å². The molecule has 1 heterocycles. The van der Waals surface area contributed by atoms with E-state index in [-0.39, 0.29) is 17.0 Å². The van der Waals surface area contributed by atoms with E-state index in [2.05, 4.69) is 5.32 Å². The van der Waals surface area contributed by atoms with Gasteiger partial charge in [-0.05, 0) is 49.7 Å². The van der Waals surface area contributed by atoms with E-state index in [1.54, 1.807) is 48.5 Å². The predicted octanol–water partition coefficient (Wildman–Crippen LogP) is 5.81. The molecule has 0 radical (unpaired) electrons. The van der Waals surface area contributed by atoms with Crippen molar-refractivity contribution in [2.75, 3.05) is 16.8 Å². The van der Waals surface area contributed by atoms with Crippen molar-refractivity contribution >= 4 is 28.8 Å². The lowest BCUT2D eigenvalue weighted by Crippen LogP contribution is -2.32. The number of alkyl halides is 3. The van der Waals surface area contributed by atoms with Crippen molar-refractivity contribution in [1.82, 2.24) is 0 Å². The quantitative estimate of drug-likeness (QED) is 0.466. The van der Waals surface area contributed by atoms with Crippen molar-refractivity contribution in [3.05, 3.63) is 95.2 Å². The summed E-state index contributed by atoms with van der Waals surface area (Å²) < 4.78 is 45.1. The molecule has 1 aliphatic heterocycles. The van der Waals surface area contributed by atoms with Gasteiger partial charge in [0.1, 0.15) is 11.4 Å². The van der Waals surface area contributed by atoms with Gasteiger partial charge in [0, 0.05) is 11.8 Å². The van der Waals surface area contributed by atoms with Crippen LogP contribution in [-0.4, -0.2) is 18.4 Å². The van der Waals surface area contributed by atoms with Crippen LogP contribution in [0.4, 0.5) is 24.5 Å². The molecule has 0 saturated heterocycles. The predicted molar refractivity (Wildman–Crippen MR) is 123 cm³/mol. The number of halogens is 3. The molecular weight excluding hydrogens is 445 g/mol. The van der Waals surface area contributed by atoms with Crippen molar-refractivity contribution in [1.29, 1.82) is 0 Å². The average molecular weight is 466 g/mol. The number of nitrogens with one attached hydrogen (secondary N) is 1. The molecule has 3 aromatic carbocycles. The van der Waals surface area contributed by atoms with E-state index in [1.807, 2.05) is 13.8 Å². The second kappa shape index (κ2) is 9.05. The van der Waals surface area contributed by atoms with Crippen molar-refractivity contribution in [2.24, 2.45) is 0 Å². The fourth-order valence-electron chi connectivity index (χ4n) is 3.66. The van der Waals surface area contributed by atoms with Crippen LogP contribution in [0.15, 0.2) is 78.5 Å². The van der Waals surface area contributed by atoms with E-state index < -0.39 is 23.6 Å². The summed E-state index contributed by atoms with van der Waals surface area (Å²) in [4.78, 5) is 27.9. The zero-order chi connectivity index (χ0) is 24.5. The van der Waals surface area contributed by atoms with Crippen molar-refractivity contribution in [2.45, 2.75) is 20.0 Å². The first-order chi connectivity index (χ1) is 16.2. The van der Waals surface area contributed by atoms with E-state index in [4.69, 9.17) is 4.74 Å². The number of amides is 2. The number of nitrogens with zero attached hydrogens (tertiary/aromatic N) is 1. The Balaban J connectivity index is 1.80. The number of aryl methyl sites for hydroxylation is 1. The largest absolute Gasteiger partial charge is 0.494 e. The molecule has 0 fully saturated rings. The van der Waals surface area contributed by atoms with Gasteiger partial charge in [-0.1, -0.05) is 42.0 Å². The van der Waals surface area contributed by atoms with Crippen LogP contribution >= 0.6 is 0 Å². The summed E-state index contributed by atoms with van der Waals surface area (Å²) in [7, 11) is 0. The minimum absolute atomic E-state index is 0.0421. The second-order valence-electron chi connectivity index (χ2n) is 7.70. The van der Waals surface area contributed by atoms with Gasteiger partial charge >= 0.3 is 6.18 Å². The molecule has 0 aromatic heterocycles. The zero-order valence-corrected chi connectivity index (χ0v) is 18.4. The first-order valence-electron chi connectivity index (χ1n) is 10.6.